The topological polar surface area (TPSA) is 67.2 Å². The number of nitrogens with zero attached hydrogens (tertiary/aromatic N) is 1. The highest BCUT2D eigenvalue weighted by Gasteiger charge is 2.19. The molecule has 0 saturated carbocycles. The lowest BCUT2D eigenvalue weighted by Gasteiger charge is -2.23. The van der Waals surface area contributed by atoms with E-state index in [0.29, 0.717) is 11.5 Å². The molecular formula is C15H17N3O2. The van der Waals surface area contributed by atoms with Crippen LogP contribution in [0.1, 0.15) is 23.3 Å². The normalized spacial score (nSPS) is 18.7. The van der Waals surface area contributed by atoms with Crippen LogP contribution in [0.4, 0.5) is 0 Å². The van der Waals surface area contributed by atoms with Gasteiger partial charge in [-0.2, -0.15) is 0 Å². The largest absolute Gasteiger partial charge is 0.355 e. The number of rotatable bonds is 3. The third-order valence-electron chi connectivity index (χ3n) is 3.43. The molecule has 2 aromatic rings. The first-order valence-electron chi connectivity index (χ1n) is 6.86. The first kappa shape index (κ1) is 12.9. The van der Waals surface area contributed by atoms with Crippen molar-refractivity contribution >= 4 is 5.91 Å². The second kappa shape index (κ2) is 5.88. The monoisotopic (exact) mass is 271 g/mol. The van der Waals surface area contributed by atoms with Crippen LogP contribution in [0.15, 0.2) is 40.9 Å². The van der Waals surface area contributed by atoms with Gasteiger partial charge in [-0.1, -0.05) is 35.5 Å². The minimum Gasteiger partial charge on any atom is -0.355 e. The first-order valence-corrected chi connectivity index (χ1v) is 6.86. The van der Waals surface area contributed by atoms with Gasteiger partial charge < -0.3 is 15.2 Å². The summed E-state index contributed by atoms with van der Waals surface area (Å²) in [6.45, 7) is 1.84. The minimum atomic E-state index is -0.176. The number of amides is 1. The summed E-state index contributed by atoms with van der Waals surface area (Å²) in [5.74, 6) is 0.433. The highest BCUT2D eigenvalue weighted by atomic mass is 16.5. The van der Waals surface area contributed by atoms with Crippen molar-refractivity contribution in [3.63, 3.8) is 0 Å². The molecule has 2 heterocycles. The van der Waals surface area contributed by atoms with Crippen LogP contribution in [-0.4, -0.2) is 30.2 Å². The smallest absolute Gasteiger partial charge is 0.273 e. The molecule has 1 saturated heterocycles. The summed E-state index contributed by atoms with van der Waals surface area (Å²) in [5.41, 5.74) is 1.24. The van der Waals surface area contributed by atoms with Gasteiger partial charge in [0.25, 0.3) is 5.91 Å². The van der Waals surface area contributed by atoms with E-state index in [-0.39, 0.29) is 11.9 Å². The second-order valence-corrected chi connectivity index (χ2v) is 4.96. The molecule has 1 amide bonds. The van der Waals surface area contributed by atoms with Crippen LogP contribution < -0.4 is 10.6 Å². The van der Waals surface area contributed by atoms with Gasteiger partial charge in [-0.05, 0) is 19.4 Å². The third kappa shape index (κ3) is 2.88. The Kier molecular flexibility index (Phi) is 3.78. The van der Waals surface area contributed by atoms with Crippen molar-refractivity contribution in [3.05, 3.63) is 42.1 Å². The molecule has 5 heteroatoms. The standard InChI is InChI=1S/C15H17N3O2/c19-15(17-12-7-4-8-16-10-12)13-9-14(20-18-13)11-5-2-1-3-6-11/h1-3,5-6,9,12,16H,4,7-8,10H2,(H,17,19)/t12-/m0/s1. The molecule has 0 spiro atoms. The Balaban J connectivity index is 1.68. The molecule has 20 heavy (non-hydrogen) atoms. The van der Waals surface area contributed by atoms with Crippen molar-refractivity contribution in [2.24, 2.45) is 0 Å². The summed E-state index contributed by atoms with van der Waals surface area (Å²) in [5, 5.41) is 10.1. The lowest BCUT2D eigenvalue weighted by atomic mass is 10.1. The van der Waals surface area contributed by atoms with Crippen LogP contribution in [0.2, 0.25) is 0 Å². The maximum Gasteiger partial charge on any atom is 0.273 e. The zero-order valence-corrected chi connectivity index (χ0v) is 11.1. The van der Waals surface area contributed by atoms with Crippen molar-refractivity contribution in [3.8, 4) is 11.3 Å². The van der Waals surface area contributed by atoms with E-state index < -0.39 is 0 Å². The van der Waals surface area contributed by atoms with E-state index in [2.05, 4.69) is 15.8 Å². The van der Waals surface area contributed by atoms with Crippen molar-refractivity contribution in [1.29, 1.82) is 0 Å². The predicted octanol–water partition coefficient (Wildman–Crippen LogP) is 1.82. The van der Waals surface area contributed by atoms with Crippen LogP contribution in [0.25, 0.3) is 11.3 Å². The Bertz CT molecular complexity index is 574. The number of carbonyl (C=O) groups excluding carboxylic acids is 1. The van der Waals surface area contributed by atoms with Gasteiger partial charge in [0.05, 0.1) is 0 Å². The number of hydrogen-bond donors (Lipinski definition) is 2. The molecule has 2 N–H and O–H groups in total. The number of piperidine rings is 1. The Morgan fingerprint density at radius 2 is 2.20 bits per heavy atom. The molecule has 1 aliphatic rings. The van der Waals surface area contributed by atoms with Crippen LogP contribution in [0.5, 0.6) is 0 Å². The summed E-state index contributed by atoms with van der Waals surface area (Å²) >= 11 is 0. The van der Waals surface area contributed by atoms with Crippen molar-refractivity contribution in [1.82, 2.24) is 15.8 Å². The van der Waals surface area contributed by atoms with Gasteiger partial charge in [-0.25, -0.2) is 0 Å². The van der Waals surface area contributed by atoms with E-state index in [1.807, 2.05) is 30.3 Å². The Labute approximate surface area is 117 Å². The van der Waals surface area contributed by atoms with Crippen LogP contribution >= 0.6 is 0 Å². The molecule has 104 valence electrons. The van der Waals surface area contributed by atoms with Gasteiger partial charge in [-0.3, -0.25) is 4.79 Å². The average Bonchev–Trinajstić information content (AvgIpc) is 2.99. The molecule has 0 unspecified atom stereocenters. The van der Waals surface area contributed by atoms with E-state index in [1.54, 1.807) is 6.07 Å². The SMILES string of the molecule is O=C(N[C@H]1CCCNC1)c1cc(-c2ccccc2)on1. The minimum absolute atomic E-state index is 0.174. The number of benzene rings is 1. The van der Waals surface area contributed by atoms with Gasteiger partial charge >= 0.3 is 0 Å². The Morgan fingerprint density at radius 1 is 1.35 bits per heavy atom. The molecule has 1 fully saturated rings. The van der Waals surface area contributed by atoms with Crippen LogP contribution in [-0.2, 0) is 0 Å². The third-order valence-corrected chi connectivity index (χ3v) is 3.43. The van der Waals surface area contributed by atoms with Crippen molar-refractivity contribution in [2.45, 2.75) is 18.9 Å². The van der Waals surface area contributed by atoms with E-state index in [1.165, 1.54) is 0 Å². The lowest BCUT2D eigenvalue weighted by molar-refractivity contribution is 0.0921. The molecule has 0 bridgehead atoms. The molecule has 5 nitrogen and oxygen atoms in total. The van der Waals surface area contributed by atoms with E-state index >= 15 is 0 Å². The molecule has 1 atom stereocenters. The quantitative estimate of drug-likeness (QED) is 0.893. The fourth-order valence-electron chi connectivity index (χ4n) is 2.36. The summed E-state index contributed by atoms with van der Waals surface area (Å²) in [6, 6.07) is 11.5. The van der Waals surface area contributed by atoms with E-state index in [4.69, 9.17) is 4.52 Å². The average molecular weight is 271 g/mol. The fourth-order valence-corrected chi connectivity index (χ4v) is 2.36. The van der Waals surface area contributed by atoms with Crippen LogP contribution in [0, 0.1) is 0 Å². The molecule has 1 aliphatic heterocycles. The van der Waals surface area contributed by atoms with Gasteiger partial charge in [0, 0.05) is 24.2 Å². The van der Waals surface area contributed by atoms with Gasteiger partial charge in [0.15, 0.2) is 11.5 Å². The Hall–Kier alpha value is -2.14. The predicted molar refractivity (Wildman–Crippen MR) is 75.3 cm³/mol. The first-order chi connectivity index (χ1) is 9.83. The maximum atomic E-state index is 12.1. The lowest BCUT2D eigenvalue weighted by Crippen LogP contribution is -2.45. The second-order valence-electron chi connectivity index (χ2n) is 4.96. The summed E-state index contributed by atoms with van der Waals surface area (Å²) < 4.78 is 5.23. The zero-order valence-electron chi connectivity index (χ0n) is 11.1. The molecule has 1 aromatic heterocycles. The van der Waals surface area contributed by atoms with Crippen LogP contribution in [0.3, 0.4) is 0 Å². The number of hydrogen-bond acceptors (Lipinski definition) is 4. The number of aromatic nitrogens is 1. The molecule has 0 aliphatic carbocycles. The number of nitrogens with one attached hydrogen (secondary N) is 2. The molecular weight excluding hydrogens is 254 g/mol. The molecule has 0 radical (unpaired) electrons. The zero-order chi connectivity index (χ0) is 13.8. The van der Waals surface area contributed by atoms with Gasteiger partial charge in [0.1, 0.15) is 0 Å². The summed E-state index contributed by atoms with van der Waals surface area (Å²) in [7, 11) is 0. The fraction of sp³-hybridized carbons (Fsp3) is 0.333. The van der Waals surface area contributed by atoms with Crippen molar-refractivity contribution in [2.75, 3.05) is 13.1 Å². The van der Waals surface area contributed by atoms with Gasteiger partial charge in [-0.15, -0.1) is 0 Å². The Morgan fingerprint density at radius 3 is 2.95 bits per heavy atom. The number of carbonyl (C=O) groups is 1. The summed E-state index contributed by atoms with van der Waals surface area (Å²) in [6.07, 6.45) is 2.08. The highest BCUT2D eigenvalue weighted by molar-refractivity contribution is 5.93. The molecule has 3 rings (SSSR count). The van der Waals surface area contributed by atoms with Gasteiger partial charge in [0.2, 0.25) is 0 Å². The summed E-state index contributed by atoms with van der Waals surface area (Å²) in [4.78, 5) is 12.1. The van der Waals surface area contributed by atoms with Crippen molar-refractivity contribution < 1.29 is 9.32 Å². The highest BCUT2D eigenvalue weighted by Crippen LogP contribution is 2.19. The molecule has 1 aromatic carbocycles. The van der Waals surface area contributed by atoms with E-state index in [9.17, 15) is 4.79 Å². The van der Waals surface area contributed by atoms with E-state index in [0.717, 1.165) is 31.5 Å². The maximum absolute atomic E-state index is 12.1.